The average molecular weight is 268 g/mol. The van der Waals surface area contributed by atoms with Crippen molar-refractivity contribution in [3.05, 3.63) is 29.8 Å². The first kappa shape index (κ1) is 13.1. The van der Waals surface area contributed by atoms with Crippen molar-refractivity contribution in [3.8, 4) is 12.3 Å². The van der Waals surface area contributed by atoms with Crippen molar-refractivity contribution in [3.63, 3.8) is 0 Å². The van der Waals surface area contributed by atoms with Crippen LogP contribution in [-0.4, -0.2) is 30.4 Å². The zero-order valence-electron chi connectivity index (χ0n) is 11.6. The molecule has 1 unspecified atom stereocenters. The van der Waals surface area contributed by atoms with Gasteiger partial charge >= 0.3 is 0 Å². The Morgan fingerprint density at radius 3 is 2.95 bits per heavy atom. The number of nitrogens with zero attached hydrogens (tertiary/aromatic N) is 1. The Balaban J connectivity index is 1.69. The number of carbonyl (C=O) groups is 1. The Kier molecular flexibility index (Phi) is 3.64. The number of para-hydroxylation sites is 1. The summed E-state index contributed by atoms with van der Waals surface area (Å²) in [5, 5.41) is 3.36. The van der Waals surface area contributed by atoms with E-state index < -0.39 is 0 Å². The normalized spacial score (nSPS) is 20.4. The number of hydrogen-bond acceptors (Lipinski definition) is 2. The molecule has 1 heterocycles. The van der Waals surface area contributed by atoms with Gasteiger partial charge in [-0.2, -0.15) is 0 Å². The van der Waals surface area contributed by atoms with Crippen LogP contribution >= 0.6 is 0 Å². The SMILES string of the molecule is C#CCN(CC1CC1)C(=O)C1CNc2ccccc2C1. The van der Waals surface area contributed by atoms with Gasteiger partial charge in [-0.25, -0.2) is 0 Å². The van der Waals surface area contributed by atoms with Crippen LogP contribution in [-0.2, 0) is 11.2 Å². The van der Waals surface area contributed by atoms with Gasteiger partial charge in [0, 0.05) is 18.8 Å². The second-order valence-electron chi connectivity index (χ2n) is 5.81. The molecule has 104 valence electrons. The Bertz CT molecular complexity index is 542. The minimum absolute atomic E-state index is 0.0111. The van der Waals surface area contributed by atoms with Gasteiger partial charge in [-0.05, 0) is 36.8 Å². The lowest BCUT2D eigenvalue weighted by molar-refractivity contribution is -0.134. The largest absolute Gasteiger partial charge is 0.384 e. The van der Waals surface area contributed by atoms with E-state index in [9.17, 15) is 4.79 Å². The van der Waals surface area contributed by atoms with Gasteiger partial charge in [0.2, 0.25) is 5.91 Å². The van der Waals surface area contributed by atoms with Gasteiger partial charge in [-0.15, -0.1) is 6.42 Å². The zero-order valence-corrected chi connectivity index (χ0v) is 11.6. The molecule has 1 atom stereocenters. The maximum atomic E-state index is 12.7. The smallest absolute Gasteiger partial charge is 0.228 e. The van der Waals surface area contributed by atoms with Crippen LogP contribution in [0.3, 0.4) is 0 Å². The van der Waals surface area contributed by atoms with Crippen LogP contribution in [0.4, 0.5) is 5.69 Å². The molecule has 1 aliphatic carbocycles. The summed E-state index contributed by atoms with van der Waals surface area (Å²) in [4.78, 5) is 14.5. The molecule has 1 fully saturated rings. The maximum Gasteiger partial charge on any atom is 0.228 e. The van der Waals surface area contributed by atoms with Gasteiger partial charge in [0.15, 0.2) is 0 Å². The van der Waals surface area contributed by atoms with E-state index in [4.69, 9.17) is 6.42 Å². The first-order chi connectivity index (χ1) is 9.78. The van der Waals surface area contributed by atoms with Crippen molar-refractivity contribution in [1.29, 1.82) is 0 Å². The number of nitrogens with one attached hydrogen (secondary N) is 1. The summed E-state index contributed by atoms with van der Waals surface area (Å²) in [6, 6.07) is 8.20. The standard InChI is InChI=1S/C17H20N2O/c1-2-9-19(12-13-7-8-13)17(20)15-10-14-5-3-4-6-16(14)18-11-15/h1,3-6,13,15,18H,7-12H2. The molecule has 0 aromatic heterocycles. The van der Waals surface area contributed by atoms with E-state index in [0.29, 0.717) is 19.0 Å². The number of fused-ring (bicyclic) bond motifs is 1. The summed E-state index contributed by atoms with van der Waals surface area (Å²) < 4.78 is 0. The van der Waals surface area contributed by atoms with Crippen molar-refractivity contribution < 1.29 is 4.79 Å². The third-order valence-electron chi connectivity index (χ3n) is 4.14. The highest BCUT2D eigenvalue weighted by Crippen LogP contribution is 2.31. The predicted molar refractivity (Wildman–Crippen MR) is 80.3 cm³/mol. The quantitative estimate of drug-likeness (QED) is 0.849. The number of amides is 1. The molecule has 1 aliphatic heterocycles. The number of carbonyl (C=O) groups excluding carboxylic acids is 1. The number of rotatable bonds is 4. The van der Waals surface area contributed by atoms with Crippen LogP contribution in [0, 0.1) is 24.2 Å². The fourth-order valence-electron chi connectivity index (χ4n) is 2.83. The van der Waals surface area contributed by atoms with Crippen LogP contribution in [0.15, 0.2) is 24.3 Å². The second-order valence-corrected chi connectivity index (χ2v) is 5.81. The monoisotopic (exact) mass is 268 g/mol. The number of anilines is 1. The third kappa shape index (κ3) is 2.80. The van der Waals surface area contributed by atoms with Crippen LogP contribution < -0.4 is 5.32 Å². The molecule has 0 saturated heterocycles. The van der Waals surface area contributed by atoms with E-state index in [1.165, 1.54) is 18.4 Å². The first-order valence-corrected chi connectivity index (χ1v) is 7.32. The summed E-state index contributed by atoms with van der Waals surface area (Å²) in [6.07, 6.45) is 8.70. The highest BCUT2D eigenvalue weighted by atomic mass is 16.2. The van der Waals surface area contributed by atoms with Gasteiger partial charge in [0.1, 0.15) is 0 Å². The summed E-state index contributed by atoms with van der Waals surface area (Å²) in [6.45, 7) is 1.98. The van der Waals surface area contributed by atoms with Crippen LogP contribution in [0.2, 0.25) is 0 Å². The molecule has 1 N–H and O–H groups in total. The molecule has 0 bridgehead atoms. The molecule has 3 rings (SSSR count). The summed E-state index contributed by atoms with van der Waals surface area (Å²) in [5.74, 6) is 3.52. The number of hydrogen-bond donors (Lipinski definition) is 1. The molecule has 20 heavy (non-hydrogen) atoms. The molecule has 1 amide bonds. The Morgan fingerprint density at radius 1 is 1.40 bits per heavy atom. The second kappa shape index (κ2) is 5.58. The number of benzene rings is 1. The lowest BCUT2D eigenvalue weighted by Crippen LogP contribution is -2.42. The maximum absolute atomic E-state index is 12.7. The van der Waals surface area contributed by atoms with E-state index in [2.05, 4.69) is 23.4 Å². The zero-order chi connectivity index (χ0) is 13.9. The van der Waals surface area contributed by atoms with Gasteiger partial charge in [-0.3, -0.25) is 4.79 Å². The Morgan fingerprint density at radius 2 is 2.20 bits per heavy atom. The Hall–Kier alpha value is -1.95. The van der Waals surface area contributed by atoms with Gasteiger partial charge in [0.05, 0.1) is 12.5 Å². The first-order valence-electron chi connectivity index (χ1n) is 7.32. The summed E-state index contributed by atoms with van der Waals surface area (Å²) >= 11 is 0. The average Bonchev–Trinajstić information content (AvgIpc) is 3.29. The van der Waals surface area contributed by atoms with E-state index >= 15 is 0 Å². The fourth-order valence-corrected chi connectivity index (χ4v) is 2.83. The van der Waals surface area contributed by atoms with E-state index in [1.807, 2.05) is 17.0 Å². The minimum atomic E-state index is 0.0111. The predicted octanol–water partition coefficient (Wildman–Crippen LogP) is 2.14. The highest BCUT2D eigenvalue weighted by Gasteiger charge is 2.31. The van der Waals surface area contributed by atoms with Crippen molar-refractivity contribution >= 4 is 11.6 Å². The third-order valence-corrected chi connectivity index (χ3v) is 4.14. The van der Waals surface area contributed by atoms with E-state index in [1.54, 1.807) is 0 Å². The van der Waals surface area contributed by atoms with Gasteiger partial charge < -0.3 is 10.2 Å². The number of terminal acetylenes is 1. The lowest BCUT2D eigenvalue weighted by atomic mass is 9.92. The molecule has 3 heteroatoms. The fraction of sp³-hybridized carbons (Fsp3) is 0.471. The molecule has 1 aromatic carbocycles. The highest BCUT2D eigenvalue weighted by molar-refractivity contribution is 5.81. The molecular weight excluding hydrogens is 248 g/mol. The molecule has 2 aliphatic rings. The summed E-state index contributed by atoms with van der Waals surface area (Å²) in [5.41, 5.74) is 2.38. The van der Waals surface area contributed by atoms with Gasteiger partial charge in [-0.1, -0.05) is 24.1 Å². The van der Waals surface area contributed by atoms with Crippen LogP contribution in [0.5, 0.6) is 0 Å². The molecular formula is C17H20N2O. The Labute approximate surface area is 120 Å². The van der Waals surface area contributed by atoms with Crippen molar-refractivity contribution in [1.82, 2.24) is 4.90 Å². The van der Waals surface area contributed by atoms with E-state index in [-0.39, 0.29) is 11.8 Å². The van der Waals surface area contributed by atoms with Crippen molar-refractivity contribution in [2.24, 2.45) is 11.8 Å². The van der Waals surface area contributed by atoms with Crippen LogP contribution in [0.25, 0.3) is 0 Å². The van der Waals surface area contributed by atoms with Crippen LogP contribution in [0.1, 0.15) is 18.4 Å². The lowest BCUT2D eigenvalue weighted by Gasteiger charge is -2.30. The molecule has 0 spiro atoms. The molecule has 0 radical (unpaired) electrons. The topological polar surface area (TPSA) is 32.3 Å². The van der Waals surface area contributed by atoms with Crippen molar-refractivity contribution in [2.45, 2.75) is 19.3 Å². The van der Waals surface area contributed by atoms with Gasteiger partial charge in [0.25, 0.3) is 0 Å². The summed E-state index contributed by atoms with van der Waals surface area (Å²) in [7, 11) is 0. The molecule has 3 nitrogen and oxygen atoms in total. The van der Waals surface area contributed by atoms with Crippen molar-refractivity contribution in [2.75, 3.05) is 25.0 Å². The molecule has 1 aromatic rings. The molecule has 1 saturated carbocycles. The minimum Gasteiger partial charge on any atom is -0.384 e. The van der Waals surface area contributed by atoms with E-state index in [0.717, 1.165) is 18.7 Å².